The standard InChI is InChI=1S/C14H17Cl2NO5S/c1-21-12-2-11(16)13(3-10(12)15)23(19,20)17-4-9-5-22-8-14(9,6-17)7-18/h2-3,9,18H,4-8H2,1H3/t9-,14-/m0/s1. The van der Waals surface area contributed by atoms with E-state index in [0.29, 0.717) is 25.5 Å². The second-order valence-electron chi connectivity index (χ2n) is 5.95. The molecule has 128 valence electrons. The second kappa shape index (κ2) is 6.06. The number of rotatable bonds is 4. The average molecular weight is 382 g/mol. The molecule has 0 amide bonds. The van der Waals surface area contributed by atoms with Crippen molar-refractivity contribution in [3.63, 3.8) is 0 Å². The number of hydrogen-bond donors (Lipinski definition) is 1. The molecule has 0 aromatic heterocycles. The Hall–Kier alpha value is -0.570. The van der Waals surface area contributed by atoms with Gasteiger partial charge in [-0.1, -0.05) is 23.2 Å². The first-order valence-corrected chi connectivity index (χ1v) is 9.25. The van der Waals surface area contributed by atoms with E-state index in [2.05, 4.69) is 0 Å². The zero-order valence-electron chi connectivity index (χ0n) is 12.5. The Balaban J connectivity index is 1.96. The van der Waals surface area contributed by atoms with Crippen LogP contribution >= 0.6 is 23.2 Å². The van der Waals surface area contributed by atoms with Crippen LogP contribution in [-0.2, 0) is 14.8 Å². The number of aliphatic hydroxyl groups excluding tert-OH is 1. The monoisotopic (exact) mass is 381 g/mol. The number of benzene rings is 1. The van der Waals surface area contributed by atoms with E-state index in [1.165, 1.54) is 23.5 Å². The van der Waals surface area contributed by atoms with E-state index in [0.717, 1.165) is 0 Å². The Bertz CT molecular complexity index is 726. The van der Waals surface area contributed by atoms with E-state index in [1.54, 1.807) is 0 Å². The molecule has 0 unspecified atom stereocenters. The number of sulfonamides is 1. The first kappa shape index (κ1) is 17.3. The highest BCUT2D eigenvalue weighted by Crippen LogP contribution is 2.44. The van der Waals surface area contributed by atoms with Gasteiger partial charge in [0.15, 0.2) is 0 Å². The summed E-state index contributed by atoms with van der Waals surface area (Å²) in [7, 11) is -2.38. The molecule has 2 heterocycles. The normalized spacial score (nSPS) is 28.1. The molecule has 3 rings (SSSR count). The first-order valence-electron chi connectivity index (χ1n) is 7.06. The molecule has 2 atom stereocenters. The van der Waals surface area contributed by atoms with Crippen molar-refractivity contribution < 1.29 is 23.0 Å². The zero-order valence-corrected chi connectivity index (χ0v) is 14.8. The Kier molecular flexibility index (Phi) is 4.54. The van der Waals surface area contributed by atoms with Crippen LogP contribution in [0.4, 0.5) is 0 Å². The maximum absolute atomic E-state index is 12.9. The number of hydrogen-bond acceptors (Lipinski definition) is 5. The number of ether oxygens (including phenoxy) is 2. The van der Waals surface area contributed by atoms with Gasteiger partial charge in [0.25, 0.3) is 0 Å². The summed E-state index contributed by atoms with van der Waals surface area (Å²) in [6.07, 6.45) is 0. The summed E-state index contributed by atoms with van der Waals surface area (Å²) in [5.41, 5.74) is -0.532. The van der Waals surface area contributed by atoms with Crippen LogP contribution in [0, 0.1) is 11.3 Å². The van der Waals surface area contributed by atoms with Crippen molar-refractivity contribution in [2.45, 2.75) is 4.90 Å². The fourth-order valence-corrected chi connectivity index (χ4v) is 5.60. The van der Waals surface area contributed by atoms with E-state index >= 15 is 0 Å². The third-order valence-corrected chi connectivity index (χ3v) is 7.20. The van der Waals surface area contributed by atoms with Crippen molar-refractivity contribution in [1.29, 1.82) is 0 Å². The summed E-state index contributed by atoms with van der Waals surface area (Å²) < 4.78 is 37.6. The third kappa shape index (κ3) is 2.73. The fraction of sp³-hybridized carbons (Fsp3) is 0.571. The van der Waals surface area contributed by atoms with Gasteiger partial charge in [-0.25, -0.2) is 8.42 Å². The van der Waals surface area contributed by atoms with Crippen LogP contribution in [-0.4, -0.2) is 57.8 Å². The molecule has 1 aromatic rings. The van der Waals surface area contributed by atoms with Gasteiger partial charge in [0.1, 0.15) is 10.6 Å². The topological polar surface area (TPSA) is 76.1 Å². The highest BCUT2D eigenvalue weighted by molar-refractivity contribution is 7.89. The molecule has 0 bridgehead atoms. The van der Waals surface area contributed by atoms with Crippen molar-refractivity contribution in [2.24, 2.45) is 11.3 Å². The van der Waals surface area contributed by atoms with Crippen LogP contribution in [0.3, 0.4) is 0 Å². The van der Waals surface area contributed by atoms with Crippen molar-refractivity contribution in [3.05, 3.63) is 22.2 Å². The minimum atomic E-state index is -3.81. The largest absolute Gasteiger partial charge is 0.495 e. The van der Waals surface area contributed by atoms with Crippen molar-refractivity contribution in [2.75, 3.05) is 40.0 Å². The number of fused-ring (bicyclic) bond motifs is 1. The van der Waals surface area contributed by atoms with Gasteiger partial charge in [-0.2, -0.15) is 4.31 Å². The molecule has 2 fully saturated rings. The number of methoxy groups -OCH3 is 1. The smallest absolute Gasteiger partial charge is 0.244 e. The molecule has 2 aliphatic heterocycles. The molecular formula is C14H17Cl2NO5S. The fourth-order valence-electron chi connectivity index (χ4n) is 3.19. The van der Waals surface area contributed by atoms with Gasteiger partial charge in [-0.05, 0) is 6.07 Å². The lowest BCUT2D eigenvalue weighted by atomic mass is 9.82. The molecule has 0 aliphatic carbocycles. The van der Waals surface area contributed by atoms with Gasteiger partial charge in [0.2, 0.25) is 10.0 Å². The number of aliphatic hydroxyl groups is 1. The van der Waals surface area contributed by atoms with E-state index in [-0.39, 0.29) is 34.0 Å². The third-order valence-electron chi connectivity index (χ3n) is 4.63. The van der Waals surface area contributed by atoms with Gasteiger partial charge < -0.3 is 14.6 Å². The van der Waals surface area contributed by atoms with Crippen molar-refractivity contribution >= 4 is 33.2 Å². The molecule has 1 aromatic carbocycles. The van der Waals surface area contributed by atoms with Crippen molar-refractivity contribution in [1.82, 2.24) is 4.31 Å². The maximum Gasteiger partial charge on any atom is 0.244 e. The van der Waals surface area contributed by atoms with E-state index in [9.17, 15) is 13.5 Å². The molecule has 23 heavy (non-hydrogen) atoms. The summed E-state index contributed by atoms with van der Waals surface area (Å²) in [6.45, 7) is 1.20. The predicted molar refractivity (Wildman–Crippen MR) is 85.6 cm³/mol. The molecule has 2 aliphatic rings. The second-order valence-corrected chi connectivity index (χ2v) is 8.67. The predicted octanol–water partition coefficient (Wildman–Crippen LogP) is 1.63. The van der Waals surface area contributed by atoms with E-state index in [4.69, 9.17) is 32.7 Å². The molecule has 6 nitrogen and oxygen atoms in total. The molecule has 0 radical (unpaired) electrons. The summed E-state index contributed by atoms with van der Waals surface area (Å²) >= 11 is 12.2. The minimum absolute atomic E-state index is 0.0187. The van der Waals surface area contributed by atoms with Crippen LogP contribution in [0.1, 0.15) is 0 Å². The Labute approximate surface area is 144 Å². The molecule has 0 spiro atoms. The summed E-state index contributed by atoms with van der Waals surface area (Å²) in [5, 5.41) is 9.91. The van der Waals surface area contributed by atoms with Crippen LogP contribution in [0.5, 0.6) is 5.75 Å². The minimum Gasteiger partial charge on any atom is -0.495 e. The highest BCUT2D eigenvalue weighted by Gasteiger charge is 2.53. The Morgan fingerprint density at radius 1 is 1.43 bits per heavy atom. The van der Waals surface area contributed by atoms with Crippen LogP contribution in [0.15, 0.2) is 17.0 Å². The molecule has 0 saturated carbocycles. The van der Waals surface area contributed by atoms with Crippen LogP contribution in [0.2, 0.25) is 10.0 Å². The number of halogens is 2. The first-order chi connectivity index (χ1) is 10.8. The summed E-state index contributed by atoms with van der Waals surface area (Å²) in [4.78, 5) is -0.0565. The lowest BCUT2D eigenvalue weighted by Crippen LogP contribution is -2.36. The van der Waals surface area contributed by atoms with Crippen LogP contribution < -0.4 is 4.74 Å². The summed E-state index contributed by atoms with van der Waals surface area (Å²) in [5.74, 6) is 0.295. The van der Waals surface area contributed by atoms with Gasteiger partial charge >= 0.3 is 0 Å². The lowest BCUT2D eigenvalue weighted by molar-refractivity contribution is 0.0905. The van der Waals surface area contributed by atoms with Gasteiger partial charge in [0.05, 0.1) is 37.0 Å². The van der Waals surface area contributed by atoms with E-state index in [1.807, 2.05) is 0 Å². The lowest BCUT2D eigenvalue weighted by Gasteiger charge is -2.24. The summed E-state index contributed by atoms with van der Waals surface area (Å²) in [6, 6.07) is 2.69. The SMILES string of the molecule is COc1cc(Cl)c(S(=O)(=O)N2C[C@H]3COC[C@@]3(CO)C2)cc1Cl. The van der Waals surface area contributed by atoms with Gasteiger partial charge in [-0.15, -0.1) is 0 Å². The van der Waals surface area contributed by atoms with Crippen molar-refractivity contribution in [3.8, 4) is 5.75 Å². The zero-order chi connectivity index (χ0) is 16.8. The molecule has 1 N–H and O–H groups in total. The Morgan fingerprint density at radius 3 is 2.78 bits per heavy atom. The van der Waals surface area contributed by atoms with Crippen LogP contribution in [0.25, 0.3) is 0 Å². The average Bonchev–Trinajstić information content (AvgIpc) is 3.06. The number of nitrogens with zero attached hydrogens (tertiary/aromatic N) is 1. The van der Waals surface area contributed by atoms with E-state index < -0.39 is 15.4 Å². The molecule has 2 saturated heterocycles. The quantitative estimate of drug-likeness (QED) is 0.857. The van der Waals surface area contributed by atoms with Gasteiger partial charge in [0, 0.05) is 30.5 Å². The molecule has 9 heteroatoms. The molecular weight excluding hydrogens is 365 g/mol. The van der Waals surface area contributed by atoms with Gasteiger partial charge in [-0.3, -0.25) is 0 Å². The Morgan fingerprint density at radius 2 is 2.17 bits per heavy atom. The maximum atomic E-state index is 12.9. The highest BCUT2D eigenvalue weighted by atomic mass is 35.5.